The summed E-state index contributed by atoms with van der Waals surface area (Å²) < 4.78 is 5.82. The third-order valence-corrected chi connectivity index (χ3v) is 5.67. The molecule has 2 N–H and O–H groups in total. The van der Waals surface area contributed by atoms with Crippen LogP contribution in [0.1, 0.15) is 35.8 Å². The zero-order valence-electron chi connectivity index (χ0n) is 16.6. The highest BCUT2D eigenvalue weighted by atomic mass is 16.5. The first-order valence-electron chi connectivity index (χ1n) is 9.65. The van der Waals surface area contributed by atoms with Crippen LogP contribution in [0.3, 0.4) is 0 Å². The van der Waals surface area contributed by atoms with Gasteiger partial charge in [-0.25, -0.2) is 0 Å². The molecule has 0 saturated heterocycles. The van der Waals surface area contributed by atoms with Crippen molar-refractivity contribution in [3.05, 3.63) is 88.5 Å². The number of ether oxygens (including phenoxy) is 1. The molecule has 5 heteroatoms. The topological polar surface area (TPSA) is 79.3 Å². The molecule has 1 aliphatic heterocycles. The first-order chi connectivity index (χ1) is 14.0. The van der Waals surface area contributed by atoms with Gasteiger partial charge in [-0.3, -0.25) is 4.79 Å². The lowest BCUT2D eigenvalue weighted by Crippen LogP contribution is -2.29. The fraction of sp³-hybridized carbons (Fsp3) is 0.250. The molecule has 0 radical (unpaired) electrons. The SMILES string of the molecule is CN(C)c1ccc([C@@H]2C(C#N)=C(N)OC3=C2C(=O)C[C@H](c2ccccc2)C3)cc1. The molecule has 0 unspecified atom stereocenters. The first-order valence-corrected chi connectivity index (χ1v) is 9.65. The Kier molecular flexibility index (Phi) is 4.85. The number of hydrogen-bond donors (Lipinski definition) is 1. The molecule has 0 fully saturated rings. The van der Waals surface area contributed by atoms with E-state index in [4.69, 9.17) is 10.5 Å². The second-order valence-corrected chi connectivity index (χ2v) is 7.69. The Labute approximate surface area is 170 Å². The van der Waals surface area contributed by atoms with E-state index in [0.717, 1.165) is 16.8 Å². The molecule has 146 valence electrons. The summed E-state index contributed by atoms with van der Waals surface area (Å²) >= 11 is 0. The third kappa shape index (κ3) is 3.38. The second-order valence-electron chi connectivity index (χ2n) is 7.69. The monoisotopic (exact) mass is 385 g/mol. The average Bonchev–Trinajstić information content (AvgIpc) is 2.73. The zero-order valence-corrected chi connectivity index (χ0v) is 16.6. The van der Waals surface area contributed by atoms with E-state index < -0.39 is 5.92 Å². The Bertz CT molecular complexity index is 1040. The Morgan fingerprint density at radius 2 is 1.72 bits per heavy atom. The number of ketones is 1. The summed E-state index contributed by atoms with van der Waals surface area (Å²) in [7, 11) is 3.94. The summed E-state index contributed by atoms with van der Waals surface area (Å²) in [5, 5.41) is 9.73. The standard InChI is InChI=1S/C24H23N3O2/c1-27(2)18-10-8-16(9-11-18)22-19(14-25)24(26)29-21-13-17(12-20(28)23(21)22)15-6-4-3-5-7-15/h3-11,17,22H,12-13,26H2,1-2H3/t17-,22+/m0/s1. The zero-order chi connectivity index (χ0) is 20.5. The van der Waals surface area contributed by atoms with Crippen molar-refractivity contribution in [3.8, 4) is 6.07 Å². The van der Waals surface area contributed by atoms with Crippen molar-refractivity contribution in [3.63, 3.8) is 0 Å². The van der Waals surface area contributed by atoms with Crippen LogP contribution in [0.2, 0.25) is 0 Å². The van der Waals surface area contributed by atoms with E-state index in [-0.39, 0.29) is 17.6 Å². The number of anilines is 1. The summed E-state index contributed by atoms with van der Waals surface area (Å²) in [6.45, 7) is 0. The molecule has 5 nitrogen and oxygen atoms in total. The Morgan fingerprint density at radius 1 is 1.03 bits per heavy atom. The van der Waals surface area contributed by atoms with Crippen LogP contribution in [-0.2, 0) is 9.53 Å². The Balaban J connectivity index is 1.76. The minimum atomic E-state index is -0.482. The summed E-state index contributed by atoms with van der Waals surface area (Å²) in [6.07, 6.45) is 0.994. The van der Waals surface area contributed by atoms with Gasteiger partial charge in [0, 0.05) is 38.2 Å². The molecule has 0 aromatic heterocycles. The highest BCUT2D eigenvalue weighted by Gasteiger charge is 2.40. The molecule has 2 atom stereocenters. The number of allylic oxidation sites excluding steroid dienone is 3. The van der Waals surface area contributed by atoms with Crippen LogP contribution in [0.15, 0.2) is 77.4 Å². The van der Waals surface area contributed by atoms with Crippen LogP contribution in [0, 0.1) is 11.3 Å². The number of rotatable bonds is 3. The van der Waals surface area contributed by atoms with E-state index in [0.29, 0.717) is 29.7 Å². The van der Waals surface area contributed by atoms with Gasteiger partial charge in [-0.15, -0.1) is 0 Å². The van der Waals surface area contributed by atoms with E-state index >= 15 is 0 Å². The van der Waals surface area contributed by atoms with Crippen LogP contribution in [0.4, 0.5) is 5.69 Å². The summed E-state index contributed by atoms with van der Waals surface area (Å²) in [4.78, 5) is 15.2. The molecule has 29 heavy (non-hydrogen) atoms. The quantitative estimate of drug-likeness (QED) is 0.865. The molecule has 2 aliphatic rings. The molecule has 0 amide bonds. The van der Waals surface area contributed by atoms with Crippen molar-refractivity contribution in [1.82, 2.24) is 0 Å². The molecule has 0 spiro atoms. The van der Waals surface area contributed by atoms with Crippen molar-refractivity contribution >= 4 is 11.5 Å². The molecule has 1 aliphatic carbocycles. The maximum Gasteiger partial charge on any atom is 0.205 e. The number of carbonyl (C=O) groups is 1. The van der Waals surface area contributed by atoms with Gasteiger partial charge in [0.05, 0.1) is 5.92 Å². The molecule has 0 bridgehead atoms. The van der Waals surface area contributed by atoms with Crippen LogP contribution < -0.4 is 10.6 Å². The van der Waals surface area contributed by atoms with Crippen molar-refractivity contribution in [2.75, 3.05) is 19.0 Å². The highest BCUT2D eigenvalue weighted by molar-refractivity contribution is 6.00. The predicted molar refractivity (Wildman–Crippen MR) is 112 cm³/mol. The predicted octanol–water partition coefficient (Wildman–Crippen LogP) is 3.96. The van der Waals surface area contributed by atoms with Crippen LogP contribution >= 0.6 is 0 Å². The lowest BCUT2D eigenvalue weighted by molar-refractivity contribution is -0.117. The number of nitrogens with zero attached hydrogens (tertiary/aromatic N) is 2. The van der Waals surface area contributed by atoms with E-state index in [1.54, 1.807) is 0 Å². The van der Waals surface area contributed by atoms with E-state index in [2.05, 4.69) is 6.07 Å². The van der Waals surface area contributed by atoms with Crippen molar-refractivity contribution in [2.24, 2.45) is 5.73 Å². The van der Waals surface area contributed by atoms with Crippen LogP contribution in [0.25, 0.3) is 0 Å². The smallest absolute Gasteiger partial charge is 0.205 e. The minimum absolute atomic E-state index is 0.0158. The van der Waals surface area contributed by atoms with Gasteiger partial charge in [-0.05, 0) is 29.2 Å². The molecule has 1 heterocycles. The van der Waals surface area contributed by atoms with E-state index in [1.165, 1.54) is 0 Å². The number of benzene rings is 2. The number of nitriles is 1. The largest absolute Gasteiger partial charge is 0.444 e. The van der Waals surface area contributed by atoms with Gasteiger partial charge < -0.3 is 15.4 Å². The highest BCUT2D eigenvalue weighted by Crippen LogP contribution is 2.46. The van der Waals surface area contributed by atoms with Crippen molar-refractivity contribution in [1.29, 1.82) is 5.26 Å². The minimum Gasteiger partial charge on any atom is -0.444 e. The Morgan fingerprint density at radius 3 is 2.34 bits per heavy atom. The van der Waals surface area contributed by atoms with Gasteiger partial charge in [0.2, 0.25) is 5.88 Å². The van der Waals surface area contributed by atoms with Gasteiger partial charge in [0.15, 0.2) is 5.78 Å². The average molecular weight is 385 g/mol. The molecule has 2 aromatic carbocycles. The number of hydrogen-bond acceptors (Lipinski definition) is 5. The van der Waals surface area contributed by atoms with Crippen molar-refractivity contribution in [2.45, 2.75) is 24.7 Å². The van der Waals surface area contributed by atoms with Crippen LogP contribution in [0.5, 0.6) is 0 Å². The first kappa shape index (κ1) is 18.8. The van der Waals surface area contributed by atoms with Gasteiger partial charge >= 0.3 is 0 Å². The van der Waals surface area contributed by atoms with E-state index in [9.17, 15) is 10.1 Å². The van der Waals surface area contributed by atoms with Gasteiger partial charge in [0.25, 0.3) is 0 Å². The fourth-order valence-corrected chi connectivity index (χ4v) is 4.17. The normalized spacial score (nSPS) is 21.3. The molecular formula is C24H23N3O2. The second kappa shape index (κ2) is 7.48. The van der Waals surface area contributed by atoms with Gasteiger partial charge in [-0.1, -0.05) is 42.5 Å². The number of Topliss-reactive ketones (excluding diaryl/α,β-unsaturated/α-hetero) is 1. The van der Waals surface area contributed by atoms with Gasteiger partial charge in [0.1, 0.15) is 17.4 Å². The summed E-state index contributed by atoms with van der Waals surface area (Å²) in [6, 6.07) is 20.0. The molecule has 0 saturated carbocycles. The summed E-state index contributed by atoms with van der Waals surface area (Å²) in [5.74, 6) is 0.268. The van der Waals surface area contributed by atoms with Crippen molar-refractivity contribution < 1.29 is 9.53 Å². The summed E-state index contributed by atoms with van der Waals surface area (Å²) in [5.41, 5.74) is 10.0. The molecular weight excluding hydrogens is 362 g/mol. The third-order valence-electron chi connectivity index (χ3n) is 5.67. The fourth-order valence-electron chi connectivity index (χ4n) is 4.17. The number of carbonyl (C=O) groups excluding carboxylic acids is 1. The number of nitrogens with two attached hydrogens (primary N) is 1. The van der Waals surface area contributed by atoms with E-state index in [1.807, 2.05) is 73.6 Å². The molecule has 4 rings (SSSR count). The molecule has 2 aromatic rings. The van der Waals surface area contributed by atoms with Gasteiger partial charge in [-0.2, -0.15) is 5.26 Å². The lowest BCUT2D eigenvalue weighted by atomic mass is 9.73. The van der Waals surface area contributed by atoms with Crippen LogP contribution in [-0.4, -0.2) is 19.9 Å². The maximum atomic E-state index is 13.2. The Hall–Kier alpha value is -3.52. The maximum absolute atomic E-state index is 13.2. The lowest BCUT2D eigenvalue weighted by Gasteiger charge is -2.34.